The first-order chi connectivity index (χ1) is 13.9. The Morgan fingerprint density at radius 3 is 2.59 bits per heavy atom. The van der Waals surface area contributed by atoms with Crippen molar-refractivity contribution < 1.29 is 4.79 Å². The summed E-state index contributed by atoms with van der Waals surface area (Å²) in [5.74, 6) is 0.214. The van der Waals surface area contributed by atoms with Crippen molar-refractivity contribution >= 4 is 17.2 Å². The fourth-order valence-corrected chi connectivity index (χ4v) is 4.19. The monoisotopic (exact) mass is 392 g/mol. The van der Waals surface area contributed by atoms with Gasteiger partial charge in [0.05, 0.1) is 5.69 Å². The van der Waals surface area contributed by atoms with E-state index >= 15 is 0 Å². The topological polar surface area (TPSA) is 66.6 Å². The first-order valence-corrected chi connectivity index (χ1v) is 10.2. The van der Waals surface area contributed by atoms with Gasteiger partial charge in [-0.1, -0.05) is 12.1 Å². The van der Waals surface area contributed by atoms with Crippen molar-refractivity contribution in [2.75, 3.05) is 31.1 Å². The molecule has 7 nitrogen and oxygen atoms in total. The Kier molecular flexibility index (Phi) is 5.22. The van der Waals surface area contributed by atoms with Gasteiger partial charge in [0.1, 0.15) is 6.33 Å². The van der Waals surface area contributed by atoms with E-state index in [1.54, 1.807) is 10.8 Å². The zero-order valence-electron chi connectivity index (χ0n) is 17.6. The molecule has 3 aromatic rings. The number of fused-ring (bicyclic) bond motifs is 1. The van der Waals surface area contributed by atoms with Crippen molar-refractivity contribution in [2.24, 2.45) is 0 Å². The largest absolute Gasteiger partial charge is 0.368 e. The number of hydrogen-bond acceptors (Lipinski definition) is 5. The zero-order valence-corrected chi connectivity index (χ0v) is 17.6. The summed E-state index contributed by atoms with van der Waals surface area (Å²) >= 11 is 0. The molecule has 1 amide bonds. The molecule has 0 spiro atoms. The second-order valence-electron chi connectivity index (χ2n) is 7.95. The Hall–Kier alpha value is -2.96. The Morgan fingerprint density at radius 2 is 1.83 bits per heavy atom. The second kappa shape index (κ2) is 7.81. The number of carbonyl (C=O) groups is 1. The number of aromatic nitrogens is 4. The van der Waals surface area contributed by atoms with E-state index in [9.17, 15) is 4.79 Å². The molecule has 152 valence electrons. The minimum Gasteiger partial charge on any atom is -0.368 e. The third-order valence-electron chi connectivity index (χ3n) is 5.94. The molecule has 0 aliphatic carbocycles. The van der Waals surface area contributed by atoms with Crippen LogP contribution in [0.15, 0.2) is 24.5 Å². The summed E-state index contributed by atoms with van der Waals surface area (Å²) in [7, 11) is 0. The van der Waals surface area contributed by atoms with E-state index < -0.39 is 0 Å². The summed E-state index contributed by atoms with van der Waals surface area (Å²) in [6, 6.07) is 6.56. The average molecular weight is 393 g/mol. The van der Waals surface area contributed by atoms with Crippen molar-refractivity contribution in [1.29, 1.82) is 0 Å². The molecule has 0 unspecified atom stereocenters. The van der Waals surface area contributed by atoms with Gasteiger partial charge in [-0.3, -0.25) is 4.79 Å². The number of hydrogen-bond donors (Lipinski definition) is 0. The molecule has 2 aromatic heterocycles. The van der Waals surface area contributed by atoms with E-state index in [4.69, 9.17) is 0 Å². The smallest absolute Gasteiger partial charge is 0.223 e. The van der Waals surface area contributed by atoms with Crippen molar-refractivity contribution in [2.45, 2.75) is 40.5 Å². The molecule has 0 N–H and O–H groups in total. The Morgan fingerprint density at radius 1 is 1.07 bits per heavy atom. The minimum absolute atomic E-state index is 0.214. The maximum Gasteiger partial charge on any atom is 0.223 e. The van der Waals surface area contributed by atoms with Crippen LogP contribution in [0.25, 0.3) is 5.65 Å². The molecule has 29 heavy (non-hydrogen) atoms. The molecule has 4 rings (SSSR count). The number of amides is 1. The highest BCUT2D eigenvalue weighted by Crippen LogP contribution is 2.23. The quantitative estimate of drug-likeness (QED) is 0.683. The van der Waals surface area contributed by atoms with Crippen molar-refractivity contribution in [3.8, 4) is 0 Å². The van der Waals surface area contributed by atoms with Crippen molar-refractivity contribution in [3.05, 3.63) is 52.5 Å². The molecule has 1 fully saturated rings. The highest BCUT2D eigenvalue weighted by Gasteiger charge is 2.22. The normalized spacial score (nSPS) is 14.6. The summed E-state index contributed by atoms with van der Waals surface area (Å²) in [6.07, 6.45) is 2.79. The van der Waals surface area contributed by atoms with Crippen LogP contribution in [-0.4, -0.2) is 56.8 Å². The lowest BCUT2D eigenvalue weighted by Gasteiger charge is -2.37. The minimum atomic E-state index is 0.214. The summed E-state index contributed by atoms with van der Waals surface area (Å²) in [5.41, 5.74) is 7.71. The number of rotatable bonds is 4. The molecule has 0 bridgehead atoms. The van der Waals surface area contributed by atoms with Crippen LogP contribution in [0.3, 0.4) is 0 Å². The zero-order chi connectivity index (χ0) is 20.5. The van der Waals surface area contributed by atoms with Crippen LogP contribution < -0.4 is 4.90 Å². The molecule has 1 aromatic carbocycles. The van der Waals surface area contributed by atoms with Crippen LogP contribution in [0.5, 0.6) is 0 Å². The fourth-order valence-electron chi connectivity index (χ4n) is 4.19. The molecule has 0 atom stereocenters. The Labute approximate surface area is 171 Å². The Balaban J connectivity index is 1.38. The fraction of sp³-hybridized carbons (Fsp3) is 0.455. The van der Waals surface area contributed by atoms with E-state index in [2.05, 4.69) is 52.2 Å². The lowest BCUT2D eigenvalue weighted by atomic mass is 10.0. The van der Waals surface area contributed by atoms with Gasteiger partial charge in [0.15, 0.2) is 5.65 Å². The van der Waals surface area contributed by atoms with Crippen LogP contribution in [-0.2, 0) is 11.2 Å². The predicted molar refractivity (Wildman–Crippen MR) is 113 cm³/mol. The van der Waals surface area contributed by atoms with Crippen LogP contribution in [0, 0.1) is 27.7 Å². The van der Waals surface area contributed by atoms with Gasteiger partial charge in [0, 0.05) is 43.9 Å². The maximum absolute atomic E-state index is 12.8. The number of anilines is 1. The molecule has 3 heterocycles. The van der Waals surface area contributed by atoms with Gasteiger partial charge in [-0.2, -0.15) is 5.10 Å². The van der Waals surface area contributed by atoms with Gasteiger partial charge >= 0.3 is 0 Å². The van der Waals surface area contributed by atoms with Gasteiger partial charge < -0.3 is 9.80 Å². The lowest BCUT2D eigenvalue weighted by Crippen LogP contribution is -2.49. The standard InChI is InChI=1S/C22H28N6O/c1-15-5-6-16(2)20(13-15)26-9-11-27(12-10-26)21(29)8-7-19-17(3)22-24-23-14-28(22)25-18(19)4/h5-6,13-14H,7-12H2,1-4H3. The van der Waals surface area contributed by atoms with Crippen LogP contribution in [0.1, 0.15) is 34.4 Å². The van der Waals surface area contributed by atoms with E-state index in [0.29, 0.717) is 12.8 Å². The van der Waals surface area contributed by atoms with Gasteiger partial charge in [-0.05, 0) is 56.9 Å². The molecule has 0 radical (unpaired) electrons. The van der Waals surface area contributed by atoms with Crippen LogP contribution in [0.4, 0.5) is 5.69 Å². The molecule has 1 aliphatic rings. The van der Waals surface area contributed by atoms with E-state index in [0.717, 1.165) is 48.6 Å². The number of aryl methyl sites for hydroxylation is 4. The van der Waals surface area contributed by atoms with Gasteiger partial charge in [-0.25, -0.2) is 4.52 Å². The molecular weight excluding hydrogens is 364 g/mol. The molecule has 0 saturated carbocycles. The average Bonchev–Trinajstić information content (AvgIpc) is 3.18. The number of piperazine rings is 1. The molecule has 1 aliphatic heterocycles. The summed E-state index contributed by atoms with van der Waals surface area (Å²) in [6.45, 7) is 11.6. The molecule has 1 saturated heterocycles. The lowest BCUT2D eigenvalue weighted by molar-refractivity contribution is -0.131. The predicted octanol–water partition coefficient (Wildman–Crippen LogP) is 2.64. The van der Waals surface area contributed by atoms with E-state index in [1.807, 2.05) is 18.7 Å². The van der Waals surface area contributed by atoms with Gasteiger partial charge in [0.25, 0.3) is 0 Å². The molecular formula is C22H28N6O. The summed E-state index contributed by atoms with van der Waals surface area (Å²) in [4.78, 5) is 17.2. The second-order valence-corrected chi connectivity index (χ2v) is 7.95. The highest BCUT2D eigenvalue weighted by molar-refractivity contribution is 5.77. The van der Waals surface area contributed by atoms with Crippen LogP contribution >= 0.6 is 0 Å². The van der Waals surface area contributed by atoms with Crippen molar-refractivity contribution in [3.63, 3.8) is 0 Å². The number of nitrogens with zero attached hydrogens (tertiary/aromatic N) is 6. The highest BCUT2D eigenvalue weighted by atomic mass is 16.2. The summed E-state index contributed by atoms with van der Waals surface area (Å²) < 4.78 is 1.70. The van der Waals surface area contributed by atoms with Crippen molar-refractivity contribution in [1.82, 2.24) is 24.7 Å². The third-order valence-corrected chi connectivity index (χ3v) is 5.94. The summed E-state index contributed by atoms with van der Waals surface area (Å²) in [5, 5.41) is 12.6. The van der Waals surface area contributed by atoms with Gasteiger partial charge in [-0.15, -0.1) is 10.2 Å². The first kappa shape index (κ1) is 19.4. The number of benzene rings is 1. The van der Waals surface area contributed by atoms with E-state index in [1.165, 1.54) is 16.8 Å². The first-order valence-electron chi connectivity index (χ1n) is 10.2. The van der Waals surface area contributed by atoms with Gasteiger partial charge in [0.2, 0.25) is 5.91 Å². The number of carbonyl (C=O) groups excluding carboxylic acids is 1. The Bertz CT molecular complexity index is 1050. The molecule has 7 heteroatoms. The SMILES string of the molecule is Cc1ccc(C)c(N2CCN(C(=O)CCc3c(C)nn4cnnc4c3C)CC2)c1. The third kappa shape index (κ3) is 3.81. The van der Waals surface area contributed by atoms with E-state index in [-0.39, 0.29) is 5.91 Å². The maximum atomic E-state index is 12.8. The van der Waals surface area contributed by atoms with Crippen LogP contribution in [0.2, 0.25) is 0 Å².